The predicted octanol–water partition coefficient (Wildman–Crippen LogP) is 4.96. The smallest absolute Gasteiger partial charge is 0.421 e. The lowest BCUT2D eigenvalue weighted by Crippen LogP contribution is -2.61. The van der Waals surface area contributed by atoms with E-state index in [9.17, 15) is 43.2 Å². The zero-order chi connectivity index (χ0) is 30.0. The van der Waals surface area contributed by atoms with Crippen LogP contribution in [0.4, 0.5) is 26.3 Å². The molecule has 0 radical (unpaired) electrons. The molecule has 0 amide bonds. The molecule has 38 heavy (non-hydrogen) atoms. The molecule has 0 spiro atoms. The lowest BCUT2D eigenvalue weighted by atomic mass is 10.3. The fraction of sp³-hybridized carbons (Fsp3) is 0.750. The summed E-state index contributed by atoms with van der Waals surface area (Å²) >= 11 is 0. The van der Waals surface area contributed by atoms with Crippen molar-refractivity contribution in [2.45, 2.75) is 96.3 Å². The highest BCUT2D eigenvalue weighted by Crippen LogP contribution is 2.36. The Balaban J connectivity index is 0.000000793. The molecule has 0 fully saturated rings. The van der Waals surface area contributed by atoms with E-state index in [0.29, 0.717) is 6.17 Å². The minimum Gasteiger partial charge on any atom is -0.421 e. The van der Waals surface area contributed by atoms with Gasteiger partial charge in [0.25, 0.3) is 0 Å². The first kappa shape index (κ1) is 36.7. The summed E-state index contributed by atoms with van der Waals surface area (Å²) in [5.74, 6) is 0. The van der Waals surface area contributed by atoms with Crippen LogP contribution < -0.4 is 4.57 Å². The summed E-state index contributed by atoms with van der Waals surface area (Å²) in [7, 11) is -16.3. The van der Waals surface area contributed by atoms with E-state index < -0.39 is 39.9 Å². The van der Waals surface area contributed by atoms with Crippen LogP contribution in [0.25, 0.3) is 4.13 Å². The minimum atomic E-state index is -6.72. The van der Waals surface area contributed by atoms with Gasteiger partial charge >= 0.3 is 19.8 Å². The van der Waals surface area contributed by atoms with Crippen molar-refractivity contribution in [1.82, 2.24) is 0 Å². The Bertz CT molecular complexity index is 969. The van der Waals surface area contributed by atoms with Gasteiger partial charge in [-0.3, -0.25) is 0 Å². The van der Waals surface area contributed by atoms with E-state index in [4.69, 9.17) is 13.3 Å². The fourth-order valence-corrected chi connectivity index (χ4v) is 7.44. The van der Waals surface area contributed by atoms with Gasteiger partial charge in [-0.1, -0.05) is 26.8 Å². The van der Waals surface area contributed by atoms with Crippen molar-refractivity contribution in [2.75, 3.05) is 0 Å². The normalized spacial score (nSPS) is 17.1. The van der Waals surface area contributed by atoms with Crippen molar-refractivity contribution in [2.24, 2.45) is 0 Å². The molecule has 0 bridgehead atoms. The maximum atomic E-state index is 11.4. The number of nitrogens with zero attached hydrogens (tertiary/aromatic N) is 2. The largest absolute Gasteiger partial charge is 0.571 e. The quantitative estimate of drug-likeness (QED) is 0.174. The van der Waals surface area contributed by atoms with Gasteiger partial charge in [0.2, 0.25) is 6.17 Å². The summed E-state index contributed by atoms with van der Waals surface area (Å²) in [4.78, 5) is 0. The van der Waals surface area contributed by atoms with Crippen LogP contribution >= 0.6 is 0 Å². The van der Waals surface area contributed by atoms with E-state index in [2.05, 4.69) is 46.1 Å². The van der Waals surface area contributed by atoms with E-state index in [0.717, 1.165) is 23.4 Å². The summed E-state index contributed by atoms with van der Waals surface area (Å²) in [5, 5.41) is 0. The van der Waals surface area contributed by atoms with Crippen molar-refractivity contribution in [1.29, 1.82) is 0 Å². The number of hydrogen-bond donors (Lipinski definition) is 0. The second-order valence-corrected chi connectivity index (χ2v) is 14.0. The maximum Gasteiger partial charge on any atom is 0.571 e. The molecule has 9 nitrogen and oxygen atoms in total. The van der Waals surface area contributed by atoms with Gasteiger partial charge in [0.05, 0.1) is 0 Å². The SMILES string of the molecule is CCC(C)O[Si](C[n+]1ccccc1)(OC(C)CC)OC(C)CC.O=S(=O)([N-]S(=O)(=O)C(F)(F)F)C(F)(F)F. The summed E-state index contributed by atoms with van der Waals surface area (Å²) in [5.41, 5.74) is -12.4. The van der Waals surface area contributed by atoms with Crippen LogP contribution in [0.15, 0.2) is 30.6 Å². The van der Waals surface area contributed by atoms with Gasteiger partial charge in [-0.05, 0) is 40.0 Å². The van der Waals surface area contributed by atoms with Gasteiger partial charge in [0.1, 0.15) is 0 Å². The molecule has 0 aliphatic carbocycles. The number of alkyl halides is 6. The molecule has 224 valence electrons. The molecule has 0 aliphatic heterocycles. The molecule has 1 rings (SSSR count). The first-order valence-corrected chi connectivity index (χ1v) is 16.3. The minimum absolute atomic E-state index is 0.124. The molecule has 3 unspecified atom stereocenters. The van der Waals surface area contributed by atoms with E-state index in [-0.39, 0.29) is 18.3 Å². The Labute approximate surface area is 220 Å². The van der Waals surface area contributed by atoms with Crippen LogP contribution in [0.3, 0.4) is 0 Å². The Morgan fingerprint density at radius 1 is 0.711 bits per heavy atom. The molecule has 3 atom stereocenters. The molecular weight excluding hydrogens is 586 g/mol. The fourth-order valence-electron chi connectivity index (χ4n) is 2.34. The number of aromatic nitrogens is 1. The molecule has 0 aromatic carbocycles. The first-order chi connectivity index (χ1) is 17.1. The van der Waals surface area contributed by atoms with E-state index in [1.54, 1.807) is 0 Å². The highest BCUT2D eigenvalue weighted by molar-refractivity contribution is 8.13. The molecule has 1 aromatic heterocycles. The van der Waals surface area contributed by atoms with Gasteiger partial charge in [-0.25, -0.2) is 21.4 Å². The van der Waals surface area contributed by atoms with Gasteiger partial charge in [-0.15, -0.1) is 0 Å². The van der Waals surface area contributed by atoms with E-state index >= 15 is 0 Å². The summed E-state index contributed by atoms with van der Waals surface area (Å²) < 4.78 is 131. The summed E-state index contributed by atoms with van der Waals surface area (Å²) in [6.45, 7) is 12.7. The number of sulfonamides is 2. The molecule has 0 aliphatic rings. The van der Waals surface area contributed by atoms with Gasteiger partial charge in [-0.2, -0.15) is 26.3 Å². The van der Waals surface area contributed by atoms with Crippen LogP contribution in [-0.4, -0.2) is 55.0 Å². The number of rotatable bonds is 13. The lowest BCUT2D eigenvalue weighted by molar-refractivity contribution is -0.685. The van der Waals surface area contributed by atoms with E-state index in [1.807, 2.05) is 30.6 Å². The Morgan fingerprint density at radius 3 is 1.29 bits per heavy atom. The second-order valence-electron chi connectivity index (χ2n) is 8.16. The van der Waals surface area contributed by atoms with Crippen LogP contribution in [-0.2, 0) is 39.5 Å². The van der Waals surface area contributed by atoms with Crippen molar-refractivity contribution in [3.05, 3.63) is 34.7 Å². The van der Waals surface area contributed by atoms with Crippen LogP contribution in [0.2, 0.25) is 0 Å². The standard InChI is InChI=1S/C18H34NO3Si.C2F6NO4S2/c1-7-16(4)20-23(21-17(5)8-2,22-18(6)9-3)15-19-13-11-10-12-14-19;3-1(4,5)14(10,11)9-15(12,13)2(6,7)8/h10-14,16-18H,7-9,15H2,1-6H3;/q+1;-1. The zero-order valence-corrected chi connectivity index (χ0v) is 24.4. The maximum absolute atomic E-state index is 11.4. The average Bonchev–Trinajstić information content (AvgIpc) is 2.77. The summed E-state index contributed by atoms with van der Waals surface area (Å²) in [6, 6.07) is 6.06. The lowest BCUT2D eigenvalue weighted by Gasteiger charge is -2.33. The third-order valence-corrected chi connectivity index (χ3v) is 10.6. The third kappa shape index (κ3) is 12.2. The average molecular weight is 621 g/mol. The molecule has 18 heteroatoms. The zero-order valence-electron chi connectivity index (χ0n) is 21.8. The topological polar surface area (TPSA) is 114 Å². The molecule has 0 saturated heterocycles. The van der Waals surface area contributed by atoms with Crippen LogP contribution in [0, 0.1) is 0 Å². The van der Waals surface area contributed by atoms with Crippen molar-refractivity contribution >= 4 is 28.9 Å². The third-order valence-electron chi connectivity index (χ3n) is 4.80. The number of pyridine rings is 1. The van der Waals surface area contributed by atoms with Gasteiger partial charge < -0.3 is 17.4 Å². The number of hydrogen-bond acceptors (Lipinski definition) is 7. The monoisotopic (exact) mass is 620 g/mol. The molecule has 1 aromatic rings. The molecule has 0 N–H and O–H groups in total. The molecule has 0 saturated carbocycles. The molecule has 1 heterocycles. The first-order valence-electron chi connectivity index (χ1n) is 11.5. The van der Waals surface area contributed by atoms with Crippen molar-refractivity contribution < 1.29 is 61.0 Å². The van der Waals surface area contributed by atoms with Crippen LogP contribution in [0.1, 0.15) is 60.8 Å². The van der Waals surface area contributed by atoms with Crippen molar-refractivity contribution in [3.63, 3.8) is 0 Å². The number of halogens is 6. The van der Waals surface area contributed by atoms with Gasteiger partial charge in [0, 0.05) is 30.4 Å². The summed E-state index contributed by atoms with van der Waals surface area (Å²) in [6.07, 6.45) is 7.94. The van der Waals surface area contributed by atoms with Crippen LogP contribution in [0.5, 0.6) is 0 Å². The van der Waals surface area contributed by atoms with Crippen molar-refractivity contribution in [3.8, 4) is 0 Å². The van der Waals surface area contributed by atoms with Gasteiger partial charge in [0.15, 0.2) is 32.4 Å². The highest BCUT2D eigenvalue weighted by atomic mass is 32.3. The highest BCUT2D eigenvalue weighted by Gasteiger charge is 2.50. The Hall–Kier alpha value is -1.31. The predicted molar refractivity (Wildman–Crippen MR) is 128 cm³/mol. The second kappa shape index (κ2) is 14.9. The Kier molecular flexibility index (Phi) is 14.4. The Morgan fingerprint density at radius 2 is 1.03 bits per heavy atom. The van der Waals surface area contributed by atoms with E-state index in [1.165, 1.54) is 0 Å². The molecular formula is C20H34F6N2O7S2Si.